The second-order valence-electron chi connectivity index (χ2n) is 6.46. The van der Waals surface area contributed by atoms with Gasteiger partial charge in [0.05, 0.1) is 5.56 Å². The second kappa shape index (κ2) is 6.41. The average molecular weight is 348 g/mol. The van der Waals surface area contributed by atoms with Gasteiger partial charge in [-0.1, -0.05) is 11.6 Å². The molecule has 0 N–H and O–H groups in total. The van der Waals surface area contributed by atoms with Gasteiger partial charge < -0.3 is 8.83 Å². The number of aryl methyl sites for hydroxylation is 2. The Morgan fingerprint density at radius 2 is 2.00 bits per heavy atom. The molecule has 3 heteroatoms. The molecule has 3 aromatic heterocycles. The summed E-state index contributed by atoms with van der Waals surface area (Å²) in [5, 5.41) is 3.21. The predicted octanol–water partition coefficient (Wildman–Crippen LogP) is 7.24. The van der Waals surface area contributed by atoms with E-state index in [9.17, 15) is 0 Å². The van der Waals surface area contributed by atoms with Crippen LogP contribution in [0, 0.1) is 6.92 Å². The molecule has 4 rings (SSSR count). The molecular weight excluding hydrogens is 328 g/mol. The Morgan fingerprint density at radius 3 is 2.68 bits per heavy atom. The van der Waals surface area contributed by atoms with Gasteiger partial charge in [0.15, 0.2) is 0 Å². The van der Waals surface area contributed by atoms with E-state index < -0.39 is 0 Å². The largest absolute Gasteiger partial charge is 0.461 e. The van der Waals surface area contributed by atoms with E-state index in [0.29, 0.717) is 0 Å². The predicted molar refractivity (Wildman–Crippen MR) is 105 cm³/mol. The van der Waals surface area contributed by atoms with E-state index in [1.807, 2.05) is 26.0 Å². The second-order valence-corrected chi connectivity index (χ2v) is 7.40. The van der Waals surface area contributed by atoms with Crippen LogP contribution in [0.1, 0.15) is 24.9 Å². The molecule has 0 unspecified atom stereocenters. The molecule has 0 amide bonds. The van der Waals surface area contributed by atoms with Crippen molar-refractivity contribution in [3.8, 4) is 21.8 Å². The summed E-state index contributed by atoms with van der Waals surface area (Å²) in [7, 11) is 0. The van der Waals surface area contributed by atoms with Crippen LogP contribution in [0.5, 0.6) is 0 Å². The fraction of sp³-hybridized carbons (Fsp3) is 0.182. The fourth-order valence-electron chi connectivity index (χ4n) is 3.09. The van der Waals surface area contributed by atoms with Gasteiger partial charge in [-0.3, -0.25) is 0 Å². The maximum atomic E-state index is 6.19. The van der Waals surface area contributed by atoms with Crippen LogP contribution in [-0.4, -0.2) is 0 Å². The summed E-state index contributed by atoms with van der Waals surface area (Å²) in [6.07, 6.45) is 1.73. The Labute approximate surface area is 151 Å². The number of rotatable bonds is 5. The Hall–Kier alpha value is -2.52. The third-order valence-corrected chi connectivity index (χ3v) is 5.25. The van der Waals surface area contributed by atoms with Gasteiger partial charge in [0.2, 0.25) is 0 Å². The lowest BCUT2D eigenvalue weighted by atomic mass is 10.0. The minimum atomic E-state index is 0.827. The standard InChI is InChI=1S/C22H20O2S/c1-14(2)6-9-20-22(19-10-7-15(3)23-19)17-13-16(8-11-18(17)24-20)21-5-4-12-25-21/h4-5,7-8,10-13H,1,6,9H2,2-3H3. The van der Waals surface area contributed by atoms with Crippen LogP contribution in [0.2, 0.25) is 0 Å². The summed E-state index contributed by atoms with van der Waals surface area (Å²) in [6, 6.07) is 14.6. The molecule has 0 aliphatic rings. The molecule has 0 saturated carbocycles. The van der Waals surface area contributed by atoms with Crippen LogP contribution < -0.4 is 0 Å². The van der Waals surface area contributed by atoms with E-state index in [0.717, 1.165) is 52.2 Å². The molecule has 126 valence electrons. The first kappa shape index (κ1) is 16.0. The van der Waals surface area contributed by atoms with Gasteiger partial charge in [-0.15, -0.1) is 17.9 Å². The van der Waals surface area contributed by atoms with E-state index in [4.69, 9.17) is 8.83 Å². The highest BCUT2D eigenvalue weighted by molar-refractivity contribution is 7.13. The number of furan rings is 2. The summed E-state index contributed by atoms with van der Waals surface area (Å²) in [5.41, 5.74) is 4.34. The fourth-order valence-corrected chi connectivity index (χ4v) is 3.81. The normalized spacial score (nSPS) is 11.3. The quantitative estimate of drug-likeness (QED) is 0.355. The van der Waals surface area contributed by atoms with E-state index >= 15 is 0 Å². The summed E-state index contributed by atoms with van der Waals surface area (Å²) in [4.78, 5) is 1.26. The van der Waals surface area contributed by atoms with Crippen LogP contribution >= 0.6 is 11.3 Å². The van der Waals surface area contributed by atoms with Crippen molar-refractivity contribution in [2.24, 2.45) is 0 Å². The van der Waals surface area contributed by atoms with Crippen molar-refractivity contribution >= 4 is 22.3 Å². The first-order valence-electron chi connectivity index (χ1n) is 8.42. The molecule has 0 fully saturated rings. The molecule has 0 spiro atoms. The zero-order valence-corrected chi connectivity index (χ0v) is 15.3. The van der Waals surface area contributed by atoms with Crippen molar-refractivity contribution in [1.82, 2.24) is 0 Å². The number of thiophene rings is 1. The van der Waals surface area contributed by atoms with Crippen molar-refractivity contribution in [3.63, 3.8) is 0 Å². The Morgan fingerprint density at radius 1 is 1.12 bits per heavy atom. The van der Waals surface area contributed by atoms with E-state index in [1.165, 1.54) is 10.4 Å². The van der Waals surface area contributed by atoms with Crippen molar-refractivity contribution in [2.75, 3.05) is 0 Å². The summed E-state index contributed by atoms with van der Waals surface area (Å²) in [6.45, 7) is 8.03. The first-order chi connectivity index (χ1) is 12.1. The van der Waals surface area contributed by atoms with Crippen molar-refractivity contribution in [1.29, 1.82) is 0 Å². The molecule has 1 aromatic carbocycles. The van der Waals surface area contributed by atoms with Gasteiger partial charge >= 0.3 is 0 Å². The molecule has 4 aromatic rings. The third kappa shape index (κ3) is 3.08. The van der Waals surface area contributed by atoms with Crippen LogP contribution in [-0.2, 0) is 6.42 Å². The van der Waals surface area contributed by atoms with Crippen LogP contribution in [0.15, 0.2) is 68.8 Å². The molecule has 0 atom stereocenters. The average Bonchev–Trinajstić information content (AvgIpc) is 3.31. The Balaban J connectivity index is 1.90. The van der Waals surface area contributed by atoms with Gasteiger partial charge in [-0.05, 0) is 67.6 Å². The van der Waals surface area contributed by atoms with Crippen LogP contribution in [0.4, 0.5) is 0 Å². The number of hydrogen-bond donors (Lipinski definition) is 0. The summed E-state index contributed by atoms with van der Waals surface area (Å²) >= 11 is 1.75. The lowest BCUT2D eigenvalue weighted by Gasteiger charge is -2.02. The summed E-state index contributed by atoms with van der Waals surface area (Å²) in [5.74, 6) is 2.75. The van der Waals surface area contributed by atoms with Gasteiger partial charge in [-0.25, -0.2) is 0 Å². The number of fused-ring (bicyclic) bond motifs is 1. The van der Waals surface area contributed by atoms with Gasteiger partial charge in [0.1, 0.15) is 22.9 Å². The SMILES string of the molecule is C=C(C)CCc1oc2ccc(-c3cccs3)cc2c1-c1ccc(C)o1. The monoisotopic (exact) mass is 348 g/mol. The molecule has 0 bridgehead atoms. The minimum Gasteiger partial charge on any atom is -0.461 e. The highest BCUT2D eigenvalue weighted by Crippen LogP contribution is 2.39. The molecule has 25 heavy (non-hydrogen) atoms. The van der Waals surface area contributed by atoms with Crippen LogP contribution in [0.25, 0.3) is 32.7 Å². The lowest BCUT2D eigenvalue weighted by molar-refractivity contribution is 0.530. The third-order valence-electron chi connectivity index (χ3n) is 4.33. The van der Waals surface area contributed by atoms with E-state index in [-0.39, 0.29) is 0 Å². The maximum Gasteiger partial charge on any atom is 0.138 e. The van der Waals surface area contributed by atoms with Crippen LogP contribution in [0.3, 0.4) is 0 Å². The van der Waals surface area contributed by atoms with Crippen molar-refractivity contribution in [3.05, 3.63) is 71.5 Å². The van der Waals surface area contributed by atoms with Gasteiger partial charge in [0.25, 0.3) is 0 Å². The number of benzene rings is 1. The maximum absolute atomic E-state index is 6.19. The molecule has 0 aliphatic heterocycles. The van der Waals surface area contributed by atoms with E-state index in [1.54, 1.807) is 11.3 Å². The van der Waals surface area contributed by atoms with E-state index in [2.05, 4.69) is 42.3 Å². The topological polar surface area (TPSA) is 26.3 Å². The van der Waals surface area contributed by atoms with Gasteiger partial charge in [-0.2, -0.15) is 0 Å². The molecular formula is C22H20O2S. The Kier molecular flexibility index (Phi) is 4.10. The Bertz CT molecular complexity index is 1030. The molecule has 0 saturated heterocycles. The number of hydrogen-bond acceptors (Lipinski definition) is 3. The zero-order chi connectivity index (χ0) is 17.4. The molecule has 0 radical (unpaired) electrons. The zero-order valence-electron chi connectivity index (χ0n) is 14.5. The van der Waals surface area contributed by atoms with Gasteiger partial charge in [0, 0.05) is 16.7 Å². The lowest BCUT2D eigenvalue weighted by Crippen LogP contribution is -1.86. The smallest absolute Gasteiger partial charge is 0.138 e. The number of allylic oxidation sites excluding steroid dienone is 1. The summed E-state index contributed by atoms with van der Waals surface area (Å²) < 4.78 is 12.1. The first-order valence-corrected chi connectivity index (χ1v) is 9.30. The molecule has 0 aliphatic carbocycles. The molecule has 2 nitrogen and oxygen atoms in total. The highest BCUT2D eigenvalue weighted by atomic mass is 32.1. The minimum absolute atomic E-state index is 0.827. The van der Waals surface area contributed by atoms with Crippen molar-refractivity contribution in [2.45, 2.75) is 26.7 Å². The van der Waals surface area contributed by atoms with Crippen molar-refractivity contribution < 1.29 is 8.83 Å². The highest BCUT2D eigenvalue weighted by Gasteiger charge is 2.19. The molecule has 3 heterocycles.